The Kier molecular flexibility index (Phi) is 3.27. The highest BCUT2D eigenvalue weighted by Crippen LogP contribution is 2.50. The molecule has 2 nitrogen and oxygen atoms in total. The van der Waals surface area contributed by atoms with Crippen molar-refractivity contribution in [2.24, 2.45) is 0 Å². The lowest BCUT2D eigenvalue weighted by Gasteiger charge is -2.14. The van der Waals surface area contributed by atoms with Crippen molar-refractivity contribution in [2.75, 3.05) is 0 Å². The first-order chi connectivity index (χ1) is 17.4. The number of aromatic nitrogens is 2. The van der Waals surface area contributed by atoms with Crippen molar-refractivity contribution in [3.63, 3.8) is 0 Å². The molecule has 0 saturated heterocycles. The number of pyridine rings is 1. The number of nitrogens with zero attached hydrogens (tertiary/aromatic N) is 2. The van der Waals surface area contributed by atoms with E-state index in [2.05, 4.69) is 89.3 Å². The topological polar surface area (TPSA) is 17.3 Å². The predicted octanol–water partition coefficient (Wildman–Crippen LogP) is 8.02. The average Bonchev–Trinajstić information content (AvgIpc) is 3.59. The van der Waals surface area contributed by atoms with Crippen molar-refractivity contribution in [2.45, 2.75) is 25.7 Å². The van der Waals surface area contributed by atoms with Crippen LogP contribution in [0.5, 0.6) is 0 Å². The third-order valence-electron chi connectivity index (χ3n) is 8.54. The number of hydrogen-bond acceptors (Lipinski definition) is 1. The fourth-order valence-electron chi connectivity index (χ4n) is 7.08. The summed E-state index contributed by atoms with van der Waals surface area (Å²) in [6.45, 7) is 0. The van der Waals surface area contributed by atoms with Gasteiger partial charge in [-0.15, -0.1) is 0 Å². The summed E-state index contributed by atoms with van der Waals surface area (Å²) < 4.78 is 2.35. The van der Waals surface area contributed by atoms with E-state index in [1.165, 1.54) is 67.9 Å². The lowest BCUT2D eigenvalue weighted by Crippen LogP contribution is -1.94. The number of benzene rings is 4. The Morgan fingerprint density at radius 3 is 2.51 bits per heavy atom. The van der Waals surface area contributed by atoms with Crippen LogP contribution in [0.2, 0.25) is 0 Å². The molecule has 2 heteroatoms. The molecule has 0 N–H and O–H groups in total. The fourth-order valence-corrected chi connectivity index (χ4v) is 7.08. The van der Waals surface area contributed by atoms with E-state index in [-0.39, 0.29) is 0 Å². The van der Waals surface area contributed by atoms with Crippen LogP contribution in [-0.2, 0) is 12.8 Å². The van der Waals surface area contributed by atoms with Crippen molar-refractivity contribution in [3.05, 3.63) is 113 Å². The van der Waals surface area contributed by atoms with Gasteiger partial charge in [-0.05, 0) is 88.4 Å². The van der Waals surface area contributed by atoms with Gasteiger partial charge < -0.3 is 0 Å². The predicted molar refractivity (Wildman–Crippen MR) is 145 cm³/mol. The average molecular weight is 447 g/mol. The van der Waals surface area contributed by atoms with E-state index in [4.69, 9.17) is 4.98 Å². The Labute approximate surface area is 202 Å². The SMILES string of the molecule is C1=CC2=C(CC1)c1ccc3c(c1C2)Cc1ccc2c(c1-3)c1ccccc1n1c3ccccc3nc21. The zero-order valence-electron chi connectivity index (χ0n) is 19.3. The lowest BCUT2D eigenvalue weighted by atomic mass is 9.92. The molecule has 164 valence electrons. The second-order valence-corrected chi connectivity index (χ2v) is 10.2. The number of imidazole rings is 1. The molecular weight excluding hydrogens is 424 g/mol. The summed E-state index contributed by atoms with van der Waals surface area (Å²) in [6, 6.07) is 26.9. The van der Waals surface area contributed by atoms with Crippen molar-refractivity contribution in [3.8, 4) is 11.1 Å². The first-order valence-electron chi connectivity index (χ1n) is 12.6. The largest absolute Gasteiger partial charge is 0.292 e. The smallest absolute Gasteiger partial charge is 0.146 e. The van der Waals surface area contributed by atoms with Crippen LogP contribution in [0.3, 0.4) is 0 Å². The number of allylic oxidation sites excluding steroid dienone is 4. The van der Waals surface area contributed by atoms with Crippen LogP contribution in [0.1, 0.15) is 35.1 Å². The molecule has 2 heterocycles. The molecular formula is C33H22N2. The molecule has 9 rings (SSSR count). The van der Waals surface area contributed by atoms with Crippen molar-refractivity contribution in [1.29, 1.82) is 0 Å². The number of hydrogen-bond donors (Lipinski definition) is 0. The van der Waals surface area contributed by atoms with Gasteiger partial charge in [-0.25, -0.2) is 4.98 Å². The molecule has 0 unspecified atom stereocenters. The minimum atomic E-state index is 1.03. The van der Waals surface area contributed by atoms with E-state index in [1.54, 1.807) is 16.7 Å². The number of para-hydroxylation sites is 3. The maximum absolute atomic E-state index is 5.13. The molecule has 6 aromatic rings. The normalized spacial score (nSPS) is 15.9. The lowest BCUT2D eigenvalue weighted by molar-refractivity contribution is 1.04. The first-order valence-corrected chi connectivity index (χ1v) is 12.6. The molecule has 0 atom stereocenters. The quantitative estimate of drug-likeness (QED) is 0.216. The molecule has 0 aliphatic heterocycles. The maximum atomic E-state index is 5.13. The Balaban J connectivity index is 1.42. The van der Waals surface area contributed by atoms with Crippen molar-refractivity contribution < 1.29 is 0 Å². The van der Waals surface area contributed by atoms with E-state index in [1.807, 2.05) is 0 Å². The number of fused-ring (bicyclic) bond motifs is 15. The highest BCUT2D eigenvalue weighted by Gasteiger charge is 2.31. The minimum absolute atomic E-state index is 1.03. The Morgan fingerprint density at radius 1 is 0.714 bits per heavy atom. The van der Waals surface area contributed by atoms with Crippen LogP contribution in [0.15, 0.2) is 90.5 Å². The third kappa shape index (κ3) is 2.18. The monoisotopic (exact) mass is 446 g/mol. The third-order valence-corrected chi connectivity index (χ3v) is 8.54. The molecule has 0 radical (unpaired) electrons. The van der Waals surface area contributed by atoms with Gasteiger partial charge in [0.2, 0.25) is 0 Å². The molecule has 3 aliphatic carbocycles. The molecule has 0 saturated carbocycles. The standard InChI is InChI=1S/C33H22N2/c1-2-8-21-19(7-1)17-26-22(21)15-16-23-27(26)18-20-13-14-25-32(31(20)23)24-9-3-5-11-29(24)35-30-12-6-4-10-28(30)34-33(25)35/h1,3-7,9-16H,2,8,17-18H2. The van der Waals surface area contributed by atoms with Gasteiger partial charge in [0.1, 0.15) is 5.65 Å². The second-order valence-electron chi connectivity index (χ2n) is 10.2. The molecule has 35 heavy (non-hydrogen) atoms. The molecule has 3 aliphatic rings. The summed E-state index contributed by atoms with van der Waals surface area (Å²) >= 11 is 0. The summed E-state index contributed by atoms with van der Waals surface area (Å²) in [5.74, 6) is 0. The molecule has 4 aromatic carbocycles. The van der Waals surface area contributed by atoms with Gasteiger partial charge in [-0.1, -0.05) is 66.7 Å². The van der Waals surface area contributed by atoms with Crippen LogP contribution in [-0.4, -0.2) is 9.38 Å². The van der Waals surface area contributed by atoms with Gasteiger partial charge in [0.15, 0.2) is 0 Å². The van der Waals surface area contributed by atoms with Gasteiger partial charge in [0.25, 0.3) is 0 Å². The molecule has 0 spiro atoms. The van der Waals surface area contributed by atoms with Gasteiger partial charge >= 0.3 is 0 Å². The fraction of sp³-hybridized carbons (Fsp3) is 0.121. The zero-order valence-corrected chi connectivity index (χ0v) is 19.3. The molecule has 0 fully saturated rings. The van der Waals surface area contributed by atoms with E-state index >= 15 is 0 Å². The summed E-state index contributed by atoms with van der Waals surface area (Å²) in [5.41, 5.74) is 16.6. The summed E-state index contributed by atoms with van der Waals surface area (Å²) in [7, 11) is 0. The summed E-state index contributed by atoms with van der Waals surface area (Å²) in [4.78, 5) is 5.13. The van der Waals surface area contributed by atoms with Crippen LogP contribution in [0.4, 0.5) is 0 Å². The second kappa shape index (κ2) is 6.28. The van der Waals surface area contributed by atoms with Crippen LogP contribution in [0, 0.1) is 0 Å². The molecule has 0 amide bonds. The maximum Gasteiger partial charge on any atom is 0.146 e. The van der Waals surface area contributed by atoms with Crippen LogP contribution in [0.25, 0.3) is 55.1 Å². The van der Waals surface area contributed by atoms with E-state index < -0.39 is 0 Å². The van der Waals surface area contributed by atoms with Gasteiger partial charge in [0.05, 0.1) is 16.6 Å². The Bertz CT molecular complexity index is 2000. The van der Waals surface area contributed by atoms with E-state index in [0.29, 0.717) is 0 Å². The van der Waals surface area contributed by atoms with Gasteiger partial charge in [-0.2, -0.15) is 0 Å². The zero-order chi connectivity index (χ0) is 22.7. The van der Waals surface area contributed by atoms with E-state index in [0.717, 1.165) is 24.0 Å². The van der Waals surface area contributed by atoms with E-state index in [9.17, 15) is 0 Å². The minimum Gasteiger partial charge on any atom is -0.292 e. The van der Waals surface area contributed by atoms with Gasteiger partial charge in [0, 0.05) is 16.2 Å². The summed E-state index contributed by atoms with van der Waals surface area (Å²) in [6.07, 6.45) is 9.19. The Hall–Kier alpha value is -4.17. The number of rotatable bonds is 0. The first kappa shape index (κ1) is 18.2. The summed E-state index contributed by atoms with van der Waals surface area (Å²) in [5, 5.41) is 3.91. The van der Waals surface area contributed by atoms with Crippen LogP contribution < -0.4 is 0 Å². The van der Waals surface area contributed by atoms with Crippen LogP contribution >= 0.6 is 0 Å². The Morgan fingerprint density at radius 2 is 1.54 bits per heavy atom. The highest BCUT2D eigenvalue weighted by atomic mass is 15.0. The van der Waals surface area contributed by atoms with Crippen molar-refractivity contribution in [1.82, 2.24) is 9.38 Å². The molecule has 0 bridgehead atoms. The molecule has 2 aromatic heterocycles. The highest BCUT2D eigenvalue weighted by molar-refractivity contribution is 6.20. The van der Waals surface area contributed by atoms with Crippen molar-refractivity contribution >= 4 is 43.9 Å². The van der Waals surface area contributed by atoms with Gasteiger partial charge in [-0.3, -0.25) is 4.40 Å².